The average molecular weight is 404 g/mol. The summed E-state index contributed by atoms with van der Waals surface area (Å²) in [6, 6.07) is 18.2. The molecule has 1 aliphatic heterocycles. The number of carbonyl (C=O) groups is 1. The van der Waals surface area contributed by atoms with E-state index in [1.807, 2.05) is 61.8 Å². The molecule has 0 saturated carbocycles. The van der Waals surface area contributed by atoms with Crippen molar-refractivity contribution in [2.75, 3.05) is 44.6 Å². The predicted molar refractivity (Wildman–Crippen MR) is 120 cm³/mol. The van der Waals surface area contributed by atoms with Gasteiger partial charge in [0.25, 0.3) is 0 Å². The van der Waals surface area contributed by atoms with E-state index in [0.717, 1.165) is 56.3 Å². The van der Waals surface area contributed by atoms with Crippen LogP contribution in [-0.4, -0.2) is 64.5 Å². The molecule has 6 heteroatoms. The Hall–Kier alpha value is -2.96. The molecule has 1 saturated heterocycles. The number of aryl methyl sites for hydroxylation is 1. The van der Waals surface area contributed by atoms with Gasteiger partial charge >= 0.3 is 0 Å². The second-order valence-corrected chi connectivity index (χ2v) is 7.84. The molecular weight excluding hydrogens is 374 g/mol. The number of nitrogens with one attached hydrogen (secondary N) is 1. The van der Waals surface area contributed by atoms with Gasteiger partial charge in [-0.3, -0.25) is 14.6 Å². The van der Waals surface area contributed by atoms with Crippen LogP contribution in [0.25, 0.3) is 11.4 Å². The van der Waals surface area contributed by atoms with Gasteiger partial charge in [0.1, 0.15) is 5.82 Å². The Morgan fingerprint density at radius 3 is 2.37 bits per heavy atom. The minimum Gasteiger partial charge on any atom is -0.330 e. The molecule has 4 rings (SSSR count). The molecule has 1 fully saturated rings. The maximum atomic E-state index is 12.3. The summed E-state index contributed by atoms with van der Waals surface area (Å²) >= 11 is 0. The fraction of sp³-hybridized carbons (Fsp3) is 0.333. The highest BCUT2D eigenvalue weighted by atomic mass is 16.2. The molecule has 1 amide bonds. The maximum absolute atomic E-state index is 12.3. The van der Waals surface area contributed by atoms with Crippen LogP contribution in [0.3, 0.4) is 0 Å². The fourth-order valence-corrected chi connectivity index (χ4v) is 3.80. The first-order chi connectivity index (χ1) is 14.7. The van der Waals surface area contributed by atoms with E-state index >= 15 is 0 Å². The Labute approximate surface area is 178 Å². The van der Waals surface area contributed by atoms with E-state index < -0.39 is 0 Å². The quantitative estimate of drug-likeness (QED) is 0.659. The molecule has 0 radical (unpaired) electrons. The number of amides is 1. The summed E-state index contributed by atoms with van der Waals surface area (Å²) in [6.07, 6.45) is 3.92. The summed E-state index contributed by atoms with van der Waals surface area (Å²) in [6.45, 7) is 8.17. The number of hydrogen-bond acceptors (Lipinski definition) is 4. The van der Waals surface area contributed by atoms with Crippen molar-refractivity contribution < 1.29 is 4.79 Å². The first kappa shape index (κ1) is 20.3. The second-order valence-electron chi connectivity index (χ2n) is 7.84. The van der Waals surface area contributed by atoms with Crippen LogP contribution in [-0.2, 0) is 11.3 Å². The van der Waals surface area contributed by atoms with E-state index in [0.29, 0.717) is 6.54 Å². The number of piperazine rings is 1. The highest BCUT2D eigenvalue weighted by Crippen LogP contribution is 2.17. The molecule has 0 aliphatic carbocycles. The number of nitrogens with zero attached hydrogens (tertiary/aromatic N) is 4. The highest BCUT2D eigenvalue weighted by molar-refractivity contribution is 5.92. The molecule has 1 aromatic heterocycles. The summed E-state index contributed by atoms with van der Waals surface area (Å²) < 4.78 is 2.22. The van der Waals surface area contributed by atoms with Gasteiger partial charge < -0.3 is 9.88 Å². The van der Waals surface area contributed by atoms with Crippen LogP contribution in [0, 0.1) is 6.92 Å². The van der Waals surface area contributed by atoms with Crippen molar-refractivity contribution >= 4 is 11.6 Å². The molecule has 0 bridgehead atoms. The largest absolute Gasteiger partial charge is 0.330 e. The molecule has 0 unspecified atom stereocenters. The topological polar surface area (TPSA) is 53.4 Å². The van der Waals surface area contributed by atoms with Crippen LogP contribution in [0.15, 0.2) is 67.0 Å². The molecule has 1 N–H and O–H groups in total. The molecule has 3 aromatic rings. The Balaban J connectivity index is 1.21. The van der Waals surface area contributed by atoms with Crippen molar-refractivity contribution in [2.45, 2.75) is 13.5 Å². The first-order valence-electron chi connectivity index (χ1n) is 10.6. The van der Waals surface area contributed by atoms with Gasteiger partial charge in [0.05, 0.1) is 6.54 Å². The van der Waals surface area contributed by atoms with Crippen molar-refractivity contribution in [1.29, 1.82) is 0 Å². The van der Waals surface area contributed by atoms with Gasteiger partial charge in [0.15, 0.2) is 0 Å². The molecule has 1 aliphatic rings. The zero-order valence-corrected chi connectivity index (χ0v) is 17.5. The van der Waals surface area contributed by atoms with Crippen LogP contribution in [0.5, 0.6) is 0 Å². The fourth-order valence-electron chi connectivity index (χ4n) is 3.80. The Morgan fingerprint density at radius 1 is 0.933 bits per heavy atom. The van der Waals surface area contributed by atoms with Gasteiger partial charge in [-0.15, -0.1) is 0 Å². The number of benzene rings is 2. The van der Waals surface area contributed by atoms with E-state index in [2.05, 4.69) is 36.8 Å². The minimum absolute atomic E-state index is 0.0539. The lowest BCUT2D eigenvalue weighted by molar-refractivity contribution is -0.117. The van der Waals surface area contributed by atoms with E-state index in [1.165, 1.54) is 5.56 Å². The SMILES string of the molecule is Cc1ccc(NC(=O)CN2CCN(CCn3ccnc3-c3ccccc3)CC2)cc1. The van der Waals surface area contributed by atoms with Crippen LogP contribution >= 0.6 is 0 Å². The van der Waals surface area contributed by atoms with Crippen molar-refractivity contribution in [3.63, 3.8) is 0 Å². The number of aromatic nitrogens is 2. The zero-order chi connectivity index (χ0) is 20.8. The molecule has 2 aromatic carbocycles. The summed E-state index contributed by atoms with van der Waals surface area (Å²) in [4.78, 5) is 21.5. The third-order valence-electron chi connectivity index (χ3n) is 5.57. The van der Waals surface area contributed by atoms with Gasteiger partial charge in [-0.2, -0.15) is 0 Å². The molecule has 0 spiro atoms. The predicted octanol–water partition coefficient (Wildman–Crippen LogP) is 3.11. The number of anilines is 1. The first-order valence-corrected chi connectivity index (χ1v) is 10.6. The Bertz CT molecular complexity index is 943. The lowest BCUT2D eigenvalue weighted by Crippen LogP contribution is -2.49. The molecule has 2 heterocycles. The van der Waals surface area contributed by atoms with Crippen LogP contribution < -0.4 is 5.32 Å². The molecule has 0 atom stereocenters. The molecular formula is C24H29N5O. The number of rotatable bonds is 7. The standard InChI is InChI=1S/C24H29N5O/c1-20-7-9-22(10-8-20)26-23(30)19-28-15-13-27(14-16-28)17-18-29-12-11-25-24(29)21-5-3-2-4-6-21/h2-12H,13-19H2,1H3,(H,26,30). The van der Waals surface area contributed by atoms with Crippen molar-refractivity contribution in [3.05, 3.63) is 72.6 Å². The van der Waals surface area contributed by atoms with Crippen molar-refractivity contribution in [1.82, 2.24) is 19.4 Å². The number of imidazole rings is 1. The maximum Gasteiger partial charge on any atom is 0.238 e. The third-order valence-corrected chi connectivity index (χ3v) is 5.57. The van der Waals surface area contributed by atoms with E-state index in [1.54, 1.807) is 0 Å². The Morgan fingerprint density at radius 2 is 1.63 bits per heavy atom. The monoisotopic (exact) mass is 403 g/mol. The van der Waals surface area contributed by atoms with E-state index in [4.69, 9.17) is 0 Å². The van der Waals surface area contributed by atoms with Crippen LogP contribution in [0.1, 0.15) is 5.56 Å². The van der Waals surface area contributed by atoms with Gasteiger partial charge in [0.2, 0.25) is 5.91 Å². The van der Waals surface area contributed by atoms with E-state index in [9.17, 15) is 4.79 Å². The highest BCUT2D eigenvalue weighted by Gasteiger charge is 2.19. The summed E-state index contributed by atoms with van der Waals surface area (Å²) in [5.74, 6) is 1.07. The summed E-state index contributed by atoms with van der Waals surface area (Å²) in [5.41, 5.74) is 3.20. The van der Waals surface area contributed by atoms with Crippen molar-refractivity contribution in [3.8, 4) is 11.4 Å². The van der Waals surface area contributed by atoms with Crippen molar-refractivity contribution in [2.24, 2.45) is 0 Å². The normalized spacial score (nSPS) is 15.2. The lowest BCUT2D eigenvalue weighted by atomic mass is 10.2. The van der Waals surface area contributed by atoms with Gasteiger partial charge in [-0.1, -0.05) is 48.0 Å². The number of hydrogen-bond donors (Lipinski definition) is 1. The third kappa shape index (κ3) is 5.34. The number of carbonyl (C=O) groups excluding carboxylic acids is 1. The smallest absolute Gasteiger partial charge is 0.238 e. The van der Waals surface area contributed by atoms with Crippen LogP contribution in [0.4, 0.5) is 5.69 Å². The Kier molecular flexibility index (Phi) is 6.57. The minimum atomic E-state index is 0.0539. The molecule has 30 heavy (non-hydrogen) atoms. The lowest BCUT2D eigenvalue weighted by Gasteiger charge is -2.34. The molecule has 156 valence electrons. The van der Waals surface area contributed by atoms with E-state index in [-0.39, 0.29) is 5.91 Å². The van der Waals surface area contributed by atoms with Crippen LogP contribution in [0.2, 0.25) is 0 Å². The zero-order valence-electron chi connectivity index (χ0n) is 17.5. The van der Waals surface area contributed by atoms with Gasteiger partial charge in [0, 0.05) is 62.9 Å². The summed E-state index contributed by atoms with van der Waals surface area (Å²) in [5, 5.41) is 2.99. The molecule has 6 nitrogen and oxygen atoms in total. The average Bonchev–Trinajstić information content (AvgIpc) is 3.24. The second kappa shape index (κ2) is 9.69. The van der Waals surface area contributed by atoms with Gasteiger partial charge in [-0.05, 0) is 19.1 Å². The summed E-state index contributed by atoms with van der Waals surface area (Å²) in [7, 11) is 0. The van der Waals surface area contributed by atoms with Gasteiger partial charge in [-0.25, -0.2) is 4.98 Å².